The molecule has 0 fully saturated rings. The highest BCUT2D eigenvalue weighted by atomic mass is 16.5. The lowest BCUT2D eigenvalue weighted by molar-refractivity contribution is -0.150. The zero-order valence-corrected chi connectivity index (χ0v) is 27.9. The Morgan fingerprint density at radius 1 is 0.524 bits per heavy atom. The molecule has 0 saturated heterocycles. The summed E-state index contributed by atoms with van der Waals surface area (Å²) in [5.41, 5.74) is 0. The van der Waals surface area contributed by atoms with Crippen LogP contribution in [0.1, 0.15) is 200 Å². The molecule has 0 aliphatic carbocycles. The van der Waals surface area contributed by atoms with Crippen LogP contribution in [0.5, 0.6) is 0 Å². The van der Waals surface area contributed by atoms with Crippen LogP contribution in [0.15, 0.2) is 0 Å². The van der Waals surface area contributed by atoms with E-state index in [1.54, 1.807) is 0 Å². The van der Waals surface area contributed by atoms with E-state index in [-0.39, 0.29) is 24.5 Å². The number of unbranched alkanes of at least 4 members (excludes halogenated alkanes) is 22. The van der Waals surface area contributed by atoms with Gasteiger partial charge in [-0.2, -0.15) is 0 Å². The number of esters is 1. The van der Waals surface area contributed by atoms with Gasteiger partial charge in [-0.05, 0) is 32.1 Å². The van der Waals surface area contributed by atoms with Crippen LogP contribution in [0.25, 0.3) is 0 Å². The van der Waals surface area contributed by atoms with Gasteiger partial charge in [0, 0.05) is 12.8 Å². The number of ether oxygens (including phenoxy) is 1. The summed E-state index contributed by atoms with van der Waals surface area (Å²) in [6.07, 6.45) is 34.3. The summed E-state index contributed by atoms with van der Waals surface area (Å²) in [7, 11) is 0. The third-order valence-electron chi connectivity index (χ3n) is 8.28. The Labute approximate surface area is 259 Å². The van der Waals surface area contributed by atoms with Gasteiger partial charge >= 0.3 is 11.9 Å². The van der Waals surface area contributed by atoms with Crippen LogP contribution in [0.4, 0.5) is 0 Å². The maximum absolute atomic E-state index is 12.4. The molecule has 0 aromatic carbocycles. The molecule has 1 atom stereocenters. The van der Waals surface area contributed by atoms with E-state index in [2.05, 4.69) is 19.2 Å². The number of rotatable bonds is 33. The fourth-order valence-corrected chi connectivity index (χ4v) is 5.56. The molecule has 2 N–H and O–H groups in total. The Morgan fingerprint density at radius 2 is 0.905 bits per heavy atom. The molecule has 42 heavy (non-hydrogen) atoms. The predicted molar refractivity (Wildman–Crippen MR) is 176 cm³/mol. The molecule has 0 rings (SSSR count). The monoisotopic (exact) mass is 596 g/mol. The molecule has 248 valence electrons. The van der Waals surface area contributed by atoms with Crippen molar-refractivity contribution in [3.05, 3.63) is 0 Å². The number of carbonyl (C=O) groups excluding carboxylic acids is 2. The minimum absolute atomic E-state index is 0.0246. The maximum atomic E-state index is 12.4. The lowest BCUT2D eigenvalue weighted by Crippen LogP contribution is -2.28. The molecule has 0 radical (unpaired) electrons. The van der Waals surface area contributed by atoms with Crippen molar-refractivity contribution in [3.8, 4) is 0 Å². The van der Waals surface area contributed by atoms with Gasteiger partial charge < -0.3 is 15.2 Å². The van der Waals surface area contributed by atoms with E-state index in [0.717, 1.165) is 57.8 Å². The van der Waals surface area contributed by atoms with E-state index < -0.39 is 5.97 Å². The summed E-state index contributed by atoms with van der Waals surface area (Å²) in [4.78, 5) is 34.5. The summed E-state index contributed by atoms with van der Waals surface area (Å²) < 4.78 is 5.80. The first-order valence-corrected chi connectivity index (χ1v) is 18.2. The first-order valence-electron chi connectivity index (χ1n) is 18.2. The van der Waals surface area contributed by atoms with Gasteiger partial charge in [0.25, 0.3) is 0 Å². The lowest BCUT2D eigenvalue weighted by atomic mass is 10.0. The van der Waals surface area contributed by atoms with Crippen molar-refractivity contribution in [1.82, 2.24) is 5.32 Å². The number of amides is 1. The topological polar surface area (TPSA) is 92.7 Å². The number of hydrogen-bond acceptors (Lipinski definition) is 4. The minimum Gasteiger partial charge on any atom is -0.480 e. The summed E-state index contributed by atoms with van der Waals surface area (Å²) in [6.45, 7) is 4.11. The van der Waals surface area contributed by atoms with Crippen molar-refractivity contribution < 1.29 is 24.2 Å². The zero-order valence-electron chi connectivity index (χ0n) is 27.9. The minimum atomic E-state index is -1.03. The van der Waals surface area contributed by atoms with Crippen LogP contribution in [-0.4, -0.2) is 35.6 Å². The van der Waals surface area contributed by atoms with Crippen molar-refractivity contribution in [3.63, 3.8) is 0 Å². The maximum Gasteiger partial charge on any atom is 0.322 e. The molecule has 6 heteroatoms. The molecule has 0 spiro atoms. The number of hydrogen-bond donors (Lipinski definition) is 2. The molecule has 0 saturated carbocycles. The second kappa shape index (κ2) is 32.3. The van der Waals surface area contributed by atoms with Gasteiger partial charge in [0.05, 0.1) is 0 Å². The third kappa shape index (κ3) is 31.3. The fraction of sp³-hybridized carbons (Fsp3) is 0.917. The van der Waals surface area contributed by atoms with Crippen molar-refractivity contribution >= 4 is 17.8 Å². The molecule has 0 aromatic heterocycles. The molecule has 0 bridgehead atoms. The van der Waals surface area contributed by atoms with Crippen LogP contribution in [0, 0.1) is 0 Å². The van der Waals surface area contributed by atoms with E-state index in [4.69, 9.17) is 9.84 Å². The van der Waals surface area contributed by atoms with Gasteiger partial charge in [-0.25, -0.2) is 0 Å². The quantitative estimate of drug-likeness (QED) is 0.0581. The molecule has 0 aliphatic rings. The SMILES string of the molecule is CCCCCCCCCCCCCCCCCCCCCCC(=O)OC(CCCC)CCCCCC(=O)NCC(=O)O. The van der Waals surface area contributed by atoms with Gasteiger partial charge in [-0.1, -0.05) is 155 Å². The number of aliphatic carboxylic acids is 1. The van der Waals surface area contributed by atoms with Crippen LogP contribution in [0.3, 0.4) is 0 Å². The van der Waals surface area contributed by atoms with Gasteiger partial charge in [0.15, 0.2) is 0 Å². The molecule has 1 amide bonds. The molecular weight excluding hydrogens is 526 g/mol. The van der Waals surface area contributed by atoms with Crippen molar-refractivity contribution in [2.24, 2.45) is 0 Å². The molecule has 6 nitrogen and oxygen atoms in total. The van der Waals surface area contributed by atoms with E-state index >= 15 is 0 Å². The van der Waals surface area contributed by atoms with E-state index in [1.807, 2.05) is 0 Å². The van der Waals surface area contributed by atoms with Gasteiger partial charge in [-0.15, -0.1) is 0 Å². The van der Waals surface area contributed by atoms with Crippen LogP contribution in [-0.2, 0) is 19.1 Å². The highest BCUT2D eigenvalue weighted by Gasteiger charge is 2.14. The molecular formula is C36H69NO5. The molecule has 0 aliphatic heterocycles. The summed E-state index contributed by atoms with van der Waals surface area (Å²) in [6, 6.07) is 0. The van der Waals surface area contributed by atoms with Crippen molar-refractivity contribution in [2.45, 2.75) is 206 Å². The molecule has 0 aromatic rings. The number of carboxylic acid groups (broad SMARTS) is 1. The Hall–Kier alpha value is -1.59. The second-order valence-corrected chi connectivity index (χ2v) is 12.5. The zero-order chi connectivity index (χ0) is 30.9. The Balaban J connectivity index is 3.59. The van der Waals surface area contributed by atoms with Gasteiger partial charge in [-0.3, -0.25) is 14.4 Å². The average molecular weight is 596 g/mol. The molecule has 0 heterocycles. The van der Waals surface area contributed by atoms with Crippen molar-refractivity contribution in [2.75, 3.05) is 6.54 Å². The number of carbonyl (C=O) groups is 3. The van der Waals surface area contributed by atoms with Crippen LogP contribution in [0.2, 0.25) is 0 Å². The van der Waals surface area contributed by atoms with Gasteiger partial charge in [0.1, 0.15) is 12.6 Å². The first-order chi connectivity index (χ1) is 20.5. The number of carboxylic acids is 1. The normalized spacial score (nSPS) is 11.9. The molecule has 1 unspecified atom stereocenters. The van der Waals surface area contributed by atoms with Crippen molar-refractivity contribution in [1.29, 1.82) is 0 Å². The van der Waals surface area contributed by atoms with Crippen LogP contribution < -0.4 is 5.32 Å². The smallest absolute Gasteiger partial charge is 0.322 e. The second-order valence-electron chi connectivity index (χ2n) is 12.5. The van der Waals surface area contributed by atoms with Crippen LogP contribution >= 0.6 is 0 Å². The highest BCUT2D eigenvalue weighted by molar-refractivity contribution is 5.80. The van der Waals surface area contributed by atoms with Gasteiger partial charge in [0.2, 0.25) is 5.91 Å². The third-order valence-corrected chi connectivity index (χ3v) is 8.28. The lowest BCUT2D eigenvalue weighted by Gasteiger charge is -2.18. The van der Waals surface area contributed by atoms with E-state index in [9.17, 15) is 14.4 Å². The average Bonchev–Trinajstić information content (AvgIpc) is 2.97. The fourth-order valence-electron chi connectivity index (χ4n) is 5.56. The Kier molecular flexibility index (Phi) is 31.1. The summed E-state index contributed by atoms with van der Waals surface area (Å²) >= 11 is 0. The van der Waals surface area contributed by atoms with E-state index in [1.165, 1.54) is 116 Å². The predicted octanol–water partition coefficient (Wildman–Crippen LogP) is 10.5. The first kappa shape index (κ1) is 40.4. The number of nitrogens with one attached hydrogen (secondary N) is 1. The van der Waals surface area contributed by atoms with E-state index in [0.29, 0.717) is 12.8 Å². The highest BCUT2D eigenvalue weighted by Crippen LogP contribution is 2.17. The summed E-state index contributed by atoms with van der Waals surface area (Å²) in [5.74, 6) is -1.31. The Morgan fingerprint density at radius 3 is 1.36 bits per heavy atom. The largest absolute Gasteiger partial charge is 0.480 e. The standard InChI is InChI=1S/C36H69NO5/c1-3-5-7-8-9-10-11-12-13-14-15-16-17-18-19-20-21-22-23-27-31-36(41)42-33(28-6-4-2)29-25-24-26-30-34(38)37-32-35(39)40/h33H,3-32H2,1-2H3,(H,37,38)(H,39,40). The Bertz CT molecular complexity index is 624. The summed E-state index contributed by atoms with van der Waals surface area (Å²) in [5, 5.41) is 11.0.